The number of piperidine rings is 1. The van der Waals surface area contributed by atoms with Crippen LogP contribution in [0.5, 0.6) is 0 Å². The number of nitrogens with one attached hydrogen (secondary N) is 4. The molecule has 0 aromatic heterocycles. The maximum absolute atomic E-state index is 15.0. The van der Waals surface area contributed by atoms with Crippen LogP contribution in [0, 0.1) is 27.1 Å². The molecule has 1 unspecified atom stereocenters. The molecular weight excluding hydrogens is 721 g/mol. The van der Waals surface area contributed by atoms with Gasteiger partial charge in [0.2, 0.25) is 33.7 Å². The Morgan fingerprint density at radius 1 is 0.764 bits per heavy atom. The van der Waals surface area contributed by atoms with E-state index in [0.29, 0.717) is 38.6 Å². The van der Waals surface area contributed by atoms with E-state index in [-0.39, 0.29) is 46.6 Å². The van der Waals surface area contributed by atoms with Crippen molar-refractivity contribution in [2.24, 2.45) is 27.1 Å². The molecule has 312 valence electrons. The smallest absolute Gasteiger partial charge is 0.256 e. The number of hydrogen-bond acceptors (Lipinski definition) is 8. The number of amides is 5. The van der Waals surface area contributed by atoms with E-state index in [0.717, 1.165) is 38.6 Å². The van der Waals surface area contributed by atoms with Crippen molar-refractivity contribution in [2.45, 2.75) is 188 Å². The van der Waals surface area contributed by atoms with Crippen molar-refractivity contribution in [3.05, 3.63) is 0 Å². The quantitative estimate of drug-likeness (QED) is 0.217. The van der Waals surface area contributed by atoms with Gasteiger partial charge in [-0.15, -0.1) is 0 Å². The highest BCUT2D eigenvalue weighted by atomic mass is 32.2. The molecular formula is C41H70N6O7S. The number of fused-ring (bicyclic) bond motifs is 1. The van der Waals surface area contributed by atoms with Gasteiger partial charge in [-0.05, 0) is 93.4 Å². The van der Waals surface area contributed by atoms with Crippen LogP contribution in [-0.2, 0) is 34.0 Å². The van der Waals surface area contributed by atoms with Crippen LogP contribution in [0.1, 0.15) is 147 Å². The minimum atomic E-state index is -3.83. The molecule has 55 heavy (non-hydrogen) atoms. The van der Waals surface area contributed by atoms with E-state index in [1.54, 1.807) is 4.90 Å². The Balaban J connectivity index is 1.41. The number of rotatable bonds is 13. The van der Waals surface area contributed by atoms with Gasteiger partial charge in [-0.25, -0.2) is 8.42 Å². The summed E-state index contributed by atoms with van der Waals surface area (Å²) in [5.41, 5.74) is -1.90. The first kappa shape index (κ1) is 43.4. The Hall–Kier alpha value is -2.74. The fourth-order valence-electron chi connectivity index (χ4n) is 10.4. The molecule has 2 spiro atoms. The molecule has 3 aliphatic carbocycles. The fourth-order valence-corrected chi connectivity index (χ4v) is 11.7. The Kier molecular flexibility index (Phi) is 12.0. The maximum atomic E-state index is 15.0. The van der Waals surface area contributed by atoms with E-state index in [1.807, 2.05) is 48.5 Å². The lowest BCUT2D eigenvalue weighted by Crippen LogP contribution is -2.64. The van der Waals surface area contributed by atoms with E-state index in [9.17, 15) is 27.6 Å². The third-order valence-electron chi connectivity index (χ3n) is 14.1. The topological polar surface area (TPSA) is 174 Å². The highest BCUT2D eigenvalue weighted by Gasteiger charge is 2.85. The molecule has 13 nitrogen and oxygen atoms in total. The minimum Gasteiger partial charge on any atom is -0.342 e. The summed E-state index contributed by atoms with van der Waals surface area (Å²) in [5.74, 6) is -2.32. The van der Waals surface area contributed by atoms with Gasteiger partial charge in [-0.1, -0.05) is 81.6 Å². The molecule has 4 N–H and O–H groups in total. The molecule has 0 radical (unpaired) electrons. The first-order chi connectivity index (χ1) is 25.3. The summed E-state index contributed by atoms with van der Waals surface area (Å²) in [6.45, 7) is 22.9. The minimum absolute atomic E-state index is 0.00280. The van der Waals surface area contributed by atoms with Crippen LogP contribution in [0.2, 0.25) is 0 Å². The number of hydrogen-bond donors (Lipinski definition) is 4. The van der Waals surface area contributed by atoms with Gasteiger partial charge < -0.3 is 20.9 Å². The third-order valence-corrected chi connectivity index (χ3v) is 16.0. The predicted molar refractivity (Wildman–Crippen MR) is 212 cm³/mol. The number of likely N-dealkylation sites (tertiary alicyclic amines) is 2. The molecule has 5 rings (SSSR count). The molecule has 2 saturated heterocycles. The van der Waals surface area contributed by atoms with Crippen molar-refractivity contribution < 1.29 is 32.4 Å². The van der Waals surface area contributed by atoms with Gasteiger partial charge in [-0.3, -0.25) is 33.6 Å². The Morgan fingerprint density at radius 2 is 1.36 bits per heavy atom. The molecule has 2 heterocycles. The van der Waals surface area contributed by atoms with E-state index in [1.165, 1.54) is 0 Å². The van der Waals surface area contributed by atoms with Gasteiger partial charge in [-0.2, -0.15) is 0 Å². The van der Waals surface area contributed by atoms with Gasteiger partial charge in [0.05, 0.1) is 11.3 Å². The average molecular weight is 791 g/mol. The number of nitrogens with zero attached hydrogens (tertiary/aromatic N) is 2. The summed E-state index contributed by atoms with van der Waals surface area (Å²) in [7, 11) is -3.83. The summed E-state index contributed by atoms with van der Waals surface area (Å²) in [4.78, 5) is 74.8. The molecule has 2 aliphatic heterocycles. The van der Waals surface area contributed by atoms with Gasteiger partial charge in [0.25, 0.3) is 5.91 Å². The number of carbonyl (C=O) groups is 5. The third kappa shape index (κ3) is 8.06. The summed E-state index contributed by atoms with van der Waals surface area (Å²) in [5, 5.41) is 8.40. The molecule has 5 aliphatic rings. The SMILES string of the molecule is CCC[C@H](NC(=O)[C@@H]1C[C@@]2(CN1C(=O)[C@@H](NC(=O)[C@@H](NC(=O)C1CCCCN1C(C)C)C(C)(C)C)C(C)(C)C)C(C)(C)C21CCC1)C(=O)NS(=O)(=O)C1CC1. The molecule has 5 fully saturated rings. The highest BCUT2D eigenvalue weighted by molar-refractivity contribution is 7.90. The van der Waals surface area contributed by atoms with E-state index < -0.39 is 68.0 Å². The summed E-state index contributed by atoms with van der Waals surface area (Å²) in [6, 6.07) is -4.15. The molecule has 14 heteroatoms. The number of sulfonamides is 1. The summed E-state index contributed by atoms with van der Waals surface area (Å²) < 4.78 is 27.5. The van der Waals surface area contributed by atoms with Crippen LogP contribution in [0.4, 0.5) is 0 Å². The van der Waals surface area contributed by atoms with Gasteiger partial charge in [0, 0.05) is 18.0 Å². The van der Waals surface area contributed by atoms with E-state index >= 15 is 4.79 Å². The second-order valence-corrected chi connectivity index (χ2v) is 22.3. The lowest BCUT2D eigenvalue weighted by atomic mass is 9.73. The Morgan fingerprint density at radius 3 is 1.85 bits per heavy atom. The van der Waals surface area contributed by atoms with Crippen LogP contribution in [0.15, 0.2) is 0 Å². The lowest BCUT2D eigenvalue weighted by Gasteiger charge is -2.40. The second kappa shape index (κ2) is 15.2. The highest BCUT2D eigenvalue weighted by Crippen LogP contribution is 2.88. The normalized spacial score (nSPS) is 27.9. The first-order valence-electron chi connectivity index (χ1n) is 20.9. The zero-order valence-electron chi connectivity index (χ0n) is 35.4. The molecule has 0 bridgehead atoms. The maximum Gasteiger partial charge on any atom is 0.256 e. The molecule has 5 amide bonds. The van der Waals surface area contributed by atoms with Crippen LogP contribution in [0.3, 0.4) is 0 Å². The van der Waals surface area contributed by atoms with Crippen molar-refractivity contribution in [3.63, 3.8) is 0 Å². The Labute approximate surface area is 330 Å². The van der Waals surface area contributed by atoms with Crippen LogP contribution >= 0.6 is 0 Å². The zero-order valence-corrected chi connectivity index (χ0v) is 36.2. The van der Waals surface area contributed by atoms with Gasteiger partial charge in [0.1, 0.15) is 24.2 Å². The van der Waals surface area contributed by atoms with Crippen LogP contribution < -0.4 is 20.7 Å². The van der Waals surface area contributed by atoms with Crippen LogP contribution in [0.25, 0.3) is 0 Å². The van der Waals surface area contributed by atoms with Crippen molar-refractivity contribution in [2.75, 3.05) is 13.1 Å². The lowest BCUT2D eigenvalue weighted by molar-refractivity contribution is -0.145. The van der Waals surface area contributed by atoms with E-state index in [4.69, 9.17) is 0 Å². The standard InChI is InChI=1S/C41H70N6O7S/c1-12-16-27(32(48)45-55(53,54)26-18-19-26)42-34(50)29-23-41(39(10,11)40(41)20-15-21-40)24-47(29)36(52)31(38(7,8)9)44-35(51)30(37(4,5)6)43-33(49)28-17-13-14-22-46(28)25(2)3/h25-31H,12-24H2,1-11H3,(H,42,50)(H,43,49)(H,44,51)(H,45,48)/t27-,28?,29-,30+,31+,41+/m0/s1. The fraction of sp³-hybridized carbons (Fsp3) is 0.878. The average Bonchev–Trinajstić information content (AvgIpc) is 3.92. The van der Waals surface area contributed by atoms with E-state index in [2.05, 4.69) is 53.3 Å². The first-order valence-corrected chi connectivity index (χ1v) is 22.4. The van der Waals surface area contributed by atoms with Crippen molar-refractivity contribution in [1.29, 1.82) is 0 Å². The van der Waals surface area contributed by atoms with Crippen molar-refractivity contribution in [1.82, 2.24) is 30.5 Å². The molecule has 6 atom stereocenters. The zero-order chi connectivity index (χ0) is 41.1. The monoisotopic (exact) mass is 791 g/mol. The Bertz CT molecular complexity index is 1620. The van der Waals surface area contributed by atoms with Crippen molar-refractivity contribution >= 4 is 39.6 Å². The van der Waals surface area contributed by atoms with Crippen LogP contribution in [-0.4, -0.2) is 102 Å². The van der Waals surface area contributed by atoms with Crippen molar-refractivity contribution in [3.8, 4) is 0 Å². The summed E-state index contributed by atoms with van der Waals surface area (Å²) in [6.07, 6.45) is 7.93. The second-order valence-electron chi connectivity index (χ2n) is 20.3. The molecule has 3 saturated carbocycles. The van der Waals surface area contributed by atoms with Gasteiger partial charge >= 0.3 is 0 Å². The number of carbonyl (C=O) groups excluding carboxylic acids is 5. The largest absolute Gasteiger partial charge is 0.342 e. The molecule has 0 aromatic carbocycles. The van der Waals surface area contributed by atoms with Gasteiger partial charge in [0.15, 0.2) is 0 Å². The predicted octanol–water partition coefficient (Wildman–Crippen LogP) is 4.00. The summed E-state index contributed by atoms with van der Waals surface area (Å²) >= 11 is 0. The molecule has 0 aromatic rings.